The predicted octanol–water partition coefficient (Wildman–Crippen LogP) is 7.63. The number of rotatable bonds is 0. The van der Waals surface area contributed by atoms with Crippen molar-refractivity contribution >= 4 is 23.5 Å². The van der Waals surface area contributed by atoms with E-state index >= 15 is 0 Å². The Morgan fingerprint density at radius 3 is 1.27 bits per heavy atom. The molecule has 0 saturated carbocycles. The van der Waals surface area contributed by atoms with Crippen molar-refractivity contribution in [1.29, 1.82) is 0 Å². The van der Waals surface area contributed by atoms with Gasteiger partial charge in [-0.2, -0.15) is 11.8 Å². The zero-order valence-electron chi connectivity index (χ0n) is 14.8. The van der Waals surface area contributed by atoms with Gasteiger partial charge in [0.1, 0.15) is 0 Å². The summed E-state index contributed by atoms with van der Waals surface area (Å²) in [6.07, 6.45) is 5.42. The van der Waals surface area contributed by atoms with Gasteiger partial charge < -0.3 is 0 Å². The molecular weight excluding hydrogens is 304 g/mol. The van der Waals surface area contributed by atoms with Crippen molar-refractivity contribution in [3.05, 3.63) is 32.8 Å². The van der Waals surface area contributed by atoms with E-state index in [0.717, 1.165) is 0 Å². The maximum absolute atomic E-state index is 2.24. The molecule has 0 fully saturated rings. The van der Waals surface area contributed by atoms with Gasteiger partial charge in [-0.1, -0.05) is 35.3 Å². The van der Waals surface area contributed by atoms with Gasteiger partial charge in [-0.05, 0) is 72.1 Å². The van der Waals surface area contributed by atoms with Gasteiger partial charge >= 0.3 is 0 Å². The fraction of sp³-hybridized carbons (Fsp3) is 0.700. The molecule has 2 heterocycles. The summed E-state index contributed by atoms with van der Waals surface area (Å²) in [7, 11) is 0. The Morgan fingerprint density at radius 1 is 0.636 bits per heavy atom. The van der Waals surface area contributed by atoms with Crippen LogP contribution in [0.5, 0.6) is 0 Å². The van der Waals surface area contributed by atoms with Crippen molar-refractivity contribution in [3.63, 3.8) is 0 Å². The molecular formula is C20H36S2. The van der Waals surface area contributed by atoms with Crippen LogP contribution in [-0.4, -0.2) is 17.3 Å². The van der Waals surface area contributed by atoms with E-state index in [9.17, 15) is 0 Å². The maximum atomic E-state index is 2.24. The van der Waals surface area contributed by atoms with Crippen LogP contribution in [0.1, 0.15) is 74.7 Å². The number of hydrogen-bond donors (Lipinski definition) is 0. The molecule has 0 saturated heterocycles. The van der Waals surface area contributed by atoms with E-state index in [1.807, 2.05) is 23.5 Å². The van der Waals surface area contributed by atoms with Gasteiger partial charge in [0, 0.05) is 17.3 Å². The van der Waals surface area contributed by atoms with Crippen molar-refractivity contribution in [1.82, 2.24) is 0 Å². The lowest BCUT2D eigenvalue weighted by molar-refractivity contribution is 0.893. The monoisotopic (exact) mass is 340 g/mol. The third-order valence-electron chi connectivity index (χ3n) is 4.59. The lowest BCUT2D eigenvalue weighted by Gasteiger charge is -1.87. The number of hydrogen-bond acceptors (Lipinski definition) is 2. The molecule has 0 amide bonds. The second-order valence-corrected chi connectivity index (χ2v) is 8.70. The summed E-state index contributed by atoms with van der Waals surface area (Å²) in [5.41, 5.74) is 8.01. The molecule has 128 valence electrons. The van der Waals surface area contributed by atoms with E-state index in [1.54, 1.807) is 32.8 Å². The summed E-state index contributed by atoms with van der Waals surface area (Å²) in [5.74, 6) is 3.86. The van der Waals surface area contributed by atoms with Crippen LogP contribution in [0.25, 0.3) is 0 Å². The molecule has 0 N–H and O–H groups in total. The van der Waals surface area contributed by atoms with Crippen molar-refractivity contribution in [2.24, 2.45) is 0 Å². The summed E-state index contributed by atoms with van der Waals surface area (Å²) in [5, 5.41) is 0. The van der Waals surface area contributed by atoms with E-state index in [0.29, 0.717) is 0 Å². The quantitative estimate of drug-likeness (QED) is 0.416. The van der Waals surface area contributed by atoms with Gasteiger partial charge in [0.2, 0.25) is 0 Å². The first kappa shape index (κ1) is 21.9. The van der Waals surface area contributed by atoms with Crippen LogP contribution in [0.2, 0.25) is 0 Å². The molecule has 22 heavy (non-hydrogen) atoms. The second-order valence-electron chi connectivity index (χ2n) is 6.40. The van der Waals surface area contributed by atoms with Crippen LogP contribution in [0.3, 0.4) is 0 Å². The van der Waals surface area contributed by atoms with Crippen LogP contribution in [0, 0.1) is 0 Å². The van der Waals surface area contributed by atoms with Crippen LogP contribution < -0.4 is 0 Å². The van der Waals surface area contributed by atoms with Crippen LogP contribution in [0.15, 0.2) is 32.8 Å². The third-order valence-corrected chi connectivity index (χ3v) is 7.06. The smallest absolute Gasteiger partial charge is 0.0146 e. The van der Waals surface area contributed by atoms with E-state index in [4.69, 9.17) is 0 Å². The molecule has 0 aromatic rings. The van der Waals surface area contributed by atoms with Crippen molar-refractivity contribution in [2.75, 3.05) is 17.3 Å². The first-order valence-corrected chi connectivity index (χ1v) is 10.2. The largest absolute Gasteiger partial charge is 0.153 e. The summed E-state index contributed by atoms with van der Waals surface area (Å²) >= 11 is 4.00. The SMILES string of the molecule is C.CC1=C(C)CCC1.CC1=C(C)CSC1.CC1=C(C)SCC1. The van der Waals surface area contributed by atoms with Gasteiger partial charge in [0.05, 0.1) is 0 Å². The van der Waals surface area contributed by atoms with Gasteiger partial charge in [0.25, 0.3) is 0 Å². The fourth-order valence-electron chi connectivity index (χ4n) is 2.31. The lowest BCUT2D eigenvalue weighted by atomic mass is 10.2. The Hall–Kier alpha value is -0.0800. The van der Waals surface area contributed by atoms with Crippen LogP contribution in [0.4, 0.5) is 0 Å². The normalized spacial score (nSPS) is 20.5. The highest BCUT2D eigenvalue weighted by atomic mass is 32.2. The Kier molecular flexibility index (Phi) is 11.4. The van der Waals surface area contributed by atoms with Crippen molar-refractivity contribution in [2.45, 2.75) is 74.7 Å². The fourth-order valence-corrected chi connectivity index (χ4v) is 4.58. The highest BCUT2D eigenvalue weighted by molar-refractivity contribution is 8.03. The van der Waals surface area contributed by atoms with Crippen LogP contribution in [-0.2, 0) is 0 Å². The molecule has 2 aliphatic heterocycles. The molecule has 2 heteroatoms. The molecule has 3 aliphatic rings. The predicted molar refractivity (Wildman–Crippen MR) is 110 cm³/mol. The highest BCUT2D eigenvalue weighted by Gasteiger charge is 2.05. The molecule has 1 aliphatic carbocycles. The van der Waals surface area contributed by atoms with E-state index in [2.05, 4.69) is 41.5 Å². The Labute approximate surface area is 148 Å². The molecule has 3 rings (SSSR count). The molecule has 0 nitrogen and oxygen atoms in total. The summed E-state index contributed by atoms with van der Waals surface area (Å²) < 4.78 is 0. The molecule has 0 unspecified atom stereocenters. The van der Waals surface area contributed by atoms with E-state index in [1.165, 1.54) is 42.9 Å². The van der Waals surface area contributed by atoms with Gasteiger partial charge in [-0.3, -0.25) is 0 Å². The number of allylic oxidation sites excluding steroid dienone is 4. The molecule has 0 atom stereocenters. The van der Waals surface area contributed by atoms with Gasteiger partial charge in [0.15, 0.2) is 0 Å². The topological polar surface area (TPSA) is 0 Å². The Morgan fingerprint density at radius 2 is 1.14 bits per heavy atom. The molecule has 0 radical (unpaired) electrons. The standard InChI is InChI=1S/C7H12.2C6H10S.CH4/c1-6-4-3-5-7(6)2;1-5-3-7-4-6(5)2;1-5-3-4-7-6(5)2;/h3-5H2,1-2H3;2*3-4H2,1-2H3;1H4. The maximum Gasteiger partial charge on any atom is 0.0146 e. The van der Waals surface area contributed by atoms with Gasteiger partial charge in [-0.25, -0.2) is 0 Å². The van der Waals surface area contributed by atoms with E-state index < -0.39 is 0 Å². The zero-order valence-corrected chi connectivity index (χ0v) is 16.4. The average molecular weight is 341 g/mol. The first-order chi connectivity index (χ1) is 9.91. The zero-order chi connectivity index (χ0) is 15.8. The molecule has 0 bridgehead atoms. The highest BCUT2D eigenvalue weighted by Crippen LogP contribution is 2.29. The third kappa shape index (κ3) is 7.97. The van der Waals surface area contributed by atoms with Crippen molar-refractivity contribution < 1.29 is 0 Å². The van der Waals surface area contributed by atoms with Crippen LogP contribution >= 0.6 is 23.5 Å². The summed E-state index contributed by atoms with van der Waals surface area (Å²) in [6.45, 7) is 13.3. The minimum absolute atomic E-state index is 0. The van der Waals surface area contributed by atoms with E-state index in [-0.39, 0.29) is 7.43 Å². The molecule has 0 aromatic heterocycles. The minimum Gasteiger partial charge on any atom is -0.153 e. The molecule has 0 spiro atoms. The average Bonchev–Trinajstić information content (AvgIpc) is 3.11. The lowest BCUT2D eigenvalue weighted by Crippen LogP contribution is -1.74. The molecule has 0 aromatic carbocycles. The number of thioether (sulfide) groups is 2. The minimum atomic E-state index is 0. The summed E-state index contributed by atoms with van der Waals surface area (Å²) in [6, 6.07) is 0. The second kappa shape index (κ2) is 11.5. The van der Waals surface area contributed by atoms with Gasteiger partial charge in [-0.15, -0.1) is 11.8 Å². The summed E-state index contributed by atoms with van der Waals surface area (Å²) in [4.78, 5) is 1.54. The first-order valence-electron chi connectivity index (χ1n) is 8.09. The van der Waals surface area contributed by atoms with Crippen molar-refractivity contribution in [3.8, 4) is 0 Å². The Bertz CT molecular complexity index is 336. The Balaban J connectivity index is 0.000000294.